The Kier molecular flexibility index (Phi) is 3.48. The van der Waals surface area contributed by atoms with E-state index in [1.807, 2.05) is 6.92 Å². The van der Waals surface area contributed by atoms with Crippen LogP contribution in [0.2, 0.25) is 0 Å². The van der Waals surface area contributed by atoms with Crippen molar-refractivity contribution in [3.05, 3.63) is 0 Å². The fourth-order valence-corrected chi connectivity index (χ4v) is 1.24. The summed E-state index contributed by atoms with van der Waals surface area (Å²) in [4.78, 5) is 2.29. The van der Waals surface area contributed by atoms with Crippen molar-refractivity contribution in [3.8, 4) is 6.07 Å². The van der Waals surface area contributed by atoms with Gasteiger partial charge >= 0.3 is 0 Å². The van der Waals surface area contributed by atoms with Gasteiger partial charge in [0.15, 0.2) is 0 Å². The van der Waals surface area contributed by atoms with Gasteiger partial charge in [-0.1, -0.05) is 0 Å². The molecule has 68 valence electrons. The van der Waals surface area contributed by atoms with Crippen molar-refractivity contribution in [1.82, 2.24) is 15.3 Å². The number of hydrazine groups is 1. The highest BCUT2D eigenvalue weighted by molar-refractivity contribution is 4.85. The Morgan fingerprint density at radius 1 is 1.33 bits per heavy atom. The summed E-state index contributed by atoms with van der Waals surface area (Å²) < 4.78 is 0. The van der Waals surface area contributed by atoms with Crippen LogP contribution < -0.4 is 5.43 Å². The summed E-state index contributed by atoms with van der Waals surface area (Å²) in [6.45, 7) is 6.03. The molecule has 1 aliphatic heterocycles. The second-order valence-electron chi connectivity index (χ2n) is 3.27. The van der Waals surface area contributed by atoms with Crippen molar-refractivity contribution in [3.63, 3.8) is 0 Å². The van der Waals surface area contributed by atoms with Gasteiger partial charge in [-0.3, -0.25) is 0 Å². The number of nitrogens with zero attached hydrogens (tertiary/aromatic N) is 3. The Balaban J connectivity index is 2.22. The smallest absolute Gasteiger partial charge is 0.105 e. The molecule has 0 aromatic carbocycles. The van der Waals surface area contributed by atoms with Crippen molar-refractivity contribution in [1.29, 1.82) is 5.26 Å². The SMILES string of the molecule is CC(C#N)NN1CCN(C)CC1. The number of hydrogen-bond donors (Lipinski definition) is 1. The predicted molar refractivity (Wildman–Crippen MR) is 47.3 cm³/mol. The molecule has 1 heterocycles. The van der Waals surface area contributed by atoms with E-state index in [4.69, 9.17) is 5.26 Å². The van der Waals surface area contributed by atoms with Gasteiger partial charge in [-0.25, -0.2) is 10.4 Å². The standard InChI is InChI=1S/C8H16N4/c1-8(7-9)10-12-5-3-11(2)4-6-12/h8,10H,3-6H2,1-2H3. The highest BCUT2D eigenvalue weighted by Gasteiger charge is 2.14. The highest BCUT2D eigenvalue weighted by Crippen LogP contribution is 1.96. The molecule has 1 atom stereocenters. The first-order chi connectivity index (χ1) is 5.72. The lowest BCUT2D eigenvalue weighted by Crippen LogP contribution is -2.52. The Morgan fingerprint density at radius 2 is 1.92 bits per heavy atom. The molecule has 1 saturated heterocycles. The number of rotatable bonds is 2. The lowest BCUT2D eigenvalue weighted by molar-refractivity contribution is 0.0982. The second-order valence-corrected chi connectivity index (χ2v) is 3.27. The molecular formula is C8H16N4. The largest absolute Gasteiger partial charge is 0.304 e. The van der Waals surface area contributed by atoms with Gasteiger partial charge in [0.1, 0.15) is 6.04 Å². The van der Waals surface area contributed by atoms with E-state index in [1.165, 1.54) is 0 Å². The maximum atomic E-state index is 8.57. The third kappa shape index (κ3) is 2.78. The van der Waals surface area contributed by atoms with Gasteiger partial charge in [-0.15, -0.1) is 0 Å². The first kappa shape index (κ1) is 9.46. The first-order valence-electron chi connectivity index (χ1n) is 4.31. The molecule has 4 heteroatoms. The first-order valence-corrected chi connectivity index (χ1v) is 4.31. The van der Waals surface area contributed by atoms with E-state index in [0.717, 1.165) is 26.2 Å². The summed E-state index contributed by atoms with van der Waals surface area (Å²) in [7, 11) is 2.12. The van der Waals surface area contributed by atoms with Gasteiger partial charge in [0, 0.05) is 26.2 Å². The van der Waals surface area contributed by atoms with E-state index in [0.29, 0.717) is 0 Å². The van der Waals surface area contributed by atoms with Crippen LogP contribution in [0.4, 0.5) is 0 Å². The normalized spacial score (nSPS) is 23.4. The minimum absolute atomic E-state index is 0.0755. The molecule has 0 aromatic heterocycles. The minimum atomic E-state index is -0.0755. The minimum Gasteiger partial charge on any atom is -0.304 e. The Morgan fingerprint density at radius 3 is 2.42 bits per heavy atom. The fourth-order valence-electron chi connectivity index (χ4n) is 1.24. The molecule has 1 N–H and O–H groups in total. The molecule has 0 bridgehead atoms. The summed E-state index contributed by atoms with van der Waals surface area (Å²) in [6.07, 6.45) is 0. The molecule has 1 aliphatic rings. The number of piperazine rings is 1. The quantitative estimate of drug-likeness (QED) is 0.612. The van der Waals surface area contributed by atoms with E-state index in [9.17, 15) is 0 Å². The molecule has 0 saturated carbocycles. The average Bonchev–Trinajstić information content (AvgIpc) is 2.09. The van der Waals surface area contributed by atoms with Gasteiger partial charge in [0.2, 0.25) is 0 Å². The summed E-state index contributed by atoms with van der Waals surface area (Å²) in [5, 5.41) is 10.7. The molecule has 0 aromatic rings. The van der Waals surface area contributed by atoms with E-state index in [1.54, 1.807) is 0 Å². The molecule has 0 radical (unpaired) electrons. The van der Waals surface area contributed by atoms with Crippen LogP contribution >= 0.6 is 0 Å². The van der Waals surface area contributed by atoms with Crippen LogP contribution in [0.3, 0.4) is 0 Å². The molecule has 0 spiro atoms. The molecule has 1 fully saturated rings. The lowest BCUT2D eigenvalue weighted by atomic mass is 10.3. The molecular weight excluding hydrogens is 152 g/mol. The maximum absolute atomic E-state index is 8.57. The van der Waals surface area contributed by atoms with Gasteiger partial charge in [-0.05, 0) is 14.0 Å². The van der Waals surface area contributed by atoms with Crippen LogP contribution in [0.25, 0.3) is 0 Å². The number of nitriles is 1. The molecule has 4 nitrogen and oxygen atoms in total. The predicted octanol–water partition coefficient (Wildman–Crippen LogP) is -0.350. The van der Waals surface area contributed by atoms with E-state index >= 15 is 0 Å². The number of likely N-dealkylation sites (N-methyl/N-ethyl adjacent to an activating group) is 1. The summed E-state index contributed by atoms with van der Waals surface area (Å²) in [6, 6.07) is 2.08. The zero-order valence-corrected chi connectivity index (χ0v) is 7.75. The topological polar surface area (TPSA) is 42.3 Å². The maximum Gasteiger partial charge on any atom is 0.105 e. The van der Waals surface area contributed by atoms with Crippen molar-refractivity contribution >= 4 is 0 Å². The third-order valence-corrected chi connectivity index (χ3v) is 2.07. The Hall–Kier alpha value is -0.630. The van der Waals surface area contributed by atoms with Crippen molar-refractivity contribution in [2.24, 2.45) is 0 Å². The third-order valence-electron chi connectivity index (χ3n) is 2.07. The van der Waals surface area contributed by atoms with Crippen LogP contribution in [0.5, 0.6) is 0 Å². The zero-order chi connectivity index (χ0) is 8.97. The zero-order valence-electron chi connectivity index (χ0n) is 7.75. The van der Waals surface area contributed by atoms with Crippen LogP contribution in [0.15, 0.2) is 0 Å². The number of hydrogen-bond acceptors (Lipinski definition) is 4. The van der Waals surface area contributed by atoms with E-state index in [2.05, 4.69) is 28.5 Å². The average molecular weight is 168 g/mol. The summed E-state index contributed by atoms with van der Waals surface area (Å²) in [5.41, 5.74) is 3.13. The molecule has 12 heavy (non-hydrogen) atoms. The van der Waals surface area contributed by atoms with Gasteiger partial charge < -0.3 is 4.90 Å². The van der Waals surface area contributed by atoms with Gasteiger partial charge in [0.25, 0.3) is 0 Å². The van der Waals surface area contributed by atoms with Crippen LogP contribution in [0, 0.1) is 11.3 Å². The highest BCUT2D eigenvalue weighted by atomic mass is 15.5. The Bertz CT molecular complexity index is 166. The van der Waals surface area contributed by atoms with Gasteiger partial charge in [-0.2, -0.15) is 5.26 Å². The van der Waals surface area contributed by atoms with Crippen molar-refractivity contribution in [2.75, 3.05) is 33.2 Å². The Labute approximate surface area is 73.7 Å². The van der Waals surface area contributed by atoms with Crippen LogP contribution in [-0.2, 0) is 0 Å². The summed E-state index contributed by atoms with van der Waals surface area (Å²) in [5.74, 6) is 0. The molecule has 1 rings (SSSR count). The van der Waals surface area contributed by atoms with Gasteiger partial charge in [0.05, 0.1) is 6.07 Å². The monoisotopic (exact) mass is 168 g/mol. The van der Waals surface area contributed by atoms with Crippen LogP contribution in [-0.4, -0.2) is 49.2 Å². The number of nitrogens with one attached hydrogen (secondary N) is 1. The van der Waals surface area contributed by atoms with Crippen molar-refractivity contribution < 1.29 is 0 Å². The van der Waals surface area contributed by atoms with Crippen molar-refractivity contribution in [2.45, 2.75) is 13.0 Å². The second kappa shape index (κ2) is 4.41. The summed E-state index contributed by atoms with van der Waals surface area (Å²) >= 11 is 0. The lowest BCUT2D eigenvalue weighted by Gasteiger charge is -2.33. The van der Waals surface area contributed by atoms with Crippen LogP contribution in [0.1, 0.15) is 6.92 Å². The molecule has 1 unspecified atom stereocenters. The van der Waals surface area contributed by atoms with E-state index in [-0.39, 0.29) is 6.04 Å². The molecule has 0 aliphatic carbocycles. The molecule has 0 amide bonds. The fraction of sp³-hybridized carbons (Fsp3) is 0.875. The van der Waals surface area contributed by atoms with E-state index < -0.39 is 0 Å².